The molecule has 108 valence electrons. The molecule has 0 spiro atoms. The Morgan fingerprint density at radius 3 is 2.55 bits per heavy atom. The molecule has 5 heteroatoms. The molecule has 0 N–H and O–H groups in total. The van der Waals surface area contributed by atoms with Crippen LogP contribution in [0.5, 0.6) is 0 Å². The lowest BCUT2D eigenvalue weighted by Gasteiger charge is -2.16. The fourth-order valence-corrected chi connectivity index (χ4v) is 2.75. The Bertz CT molecular complexity index is 477. The molecular formula is C15H18ClNO3. The molecule has 0 bridgehead atoms. The SMILES string of the molecule is CCC1CN(C(=O)OCc2ccccc2)CC1C(=O)Cl. The molecule has 1 aromatic carbocycles. The smallest absolute Gasteiger partial charge is 0.410 e. The summed E-state index contributed by atoms with van der Waals surface area (Å²) < 4.78 is 5.27. The van der Waals surface area contributed by atoms with Crippen molar-refractivity contribution in [3.05, 3.63) is 35.9 Å². The van der Waals surface area contributed by atoms with E-state index in [4.69, 9.17) is 16.3 Å². The molecule has 2 atom stereocenters. The molecule has 1 saturated heterocycles. The molecule has 4 nitrogen and oxygen atoms in total. The number of hydrogen-bond acceptors (Lipinski definition) is 3. The molecule has 0 aromatic heterocycles. The van der Waals surface area contributed by atoms with Gasteiger partial charge in [-0.1, -0.05) is 43.7 Å². The summed E-state index contributed by atoms with van der Waals surface area (Å²) in [7, 11) is 0. The number of hydrogen-bond donors (Lipinski definition) is 0. The van der Waals surface area contributed by atoms with E-state index in [0.29, 0.717) is 13.1 Å². The second kappa shape index (κ2) is 6.75. The van der Waals surface area contributed by atoms with E-state index in [0.717, 1.165) is 12.0 Å². The van der Waals surface area contributed by atoms with Gasteiger partial charge in [-0.15, -0.1) is 0 Å². The highest BCUT2D eigenvalue weighted by molar-refractivity contribution is 6.64. The van der Waals surface area contributed by atoms with Gasteiger partial charge in [-0.05, 0) is 23.1 Å². The van der Waals surface area contributed by atoms with Crippen LogP contribution in [0.3, 0.4) is 0 Å². The van der Waals surface area contributed by atoms with Crippen molar-refractivity contribution in [1.29, 1.82) is 0 Å². The topological polar surface area (TPSA) is 46.6 Å². The van der Waals surface area contributed by atoms with E-state index in [1.807, 2.05) is 37.3 Å². The monoisotopic (exact) mass is 295 g/mol. The van der Waals surface area contributed by atoms with Crippen molar-refractivity contribution in [2.45, 2.75) is 20.0 Å². The molecule has 0 radical (unpaired) electrons. The summed E-state index contributed by atoms with van der Waals surface area (Å²) in [4.78, 5) is 24.9. The highest BCUT2D eigenvalue weighted by atomic mass is 35.5. The predicted molar refractivity (Wildman–Crippen MR) is 76.3 cm³/mol. The molecular weight excluding hydrogens is 278 g/mol. The molecule has 2 unspecified atom stereocenters. The van der Waals surface area contributed by atoms with E-state index in [1.165, 1.54) is 0 Å². The van der Waals surface area contributed by atoms with Gasteiger partial charge in [0.25, 0.3) is 0 Å². The van der Waals surface area contributed by atoms with Crippen LogP contribution in [0.2, 0.25) is 0 Å². The normalized spacial score (nSPS) is 21.8. The molecule has 1 aromatic rings. The lowest BCUT2D eigenvalue weighted by atomic mass is 9.95. The summed E-state index contributed by atoms with van der Waals surface area (Å²) in [6.07, 6.45) is 0.443. The van der Waals surface area contributed by atoms with Crippen molar-refractivity contribution in [3.8, 4) is 0 Å². The van der Waals surface area contributed by atoms with Gasteiger partial charge in [0.15, 0.2) is 0 Å². The van der Waals surface area contributed by atoms with E-state index < -0.39 is 0 Å². The number of likely N-dealkylation sites (tertiary alicyclic amines) is 1. The molecule has 1 fully saturated rings. The maximum atomic E-state index is 12.0. The van der Waals surface area contributed by atoms with Crippen LogP contribution in [0.25, 0.3) is 0 Å². The fourth-order valence-electron chi connectivity index (χ4n) is 2.50. The van der Waals surface area contributed by atoms with Crippen LogP contribution >= 0.6 is 11.6 Å². The van der Waals surface area contributed by atoms with Crippen LogP contribution in [0.1, 0.15) is 18.9 Å². The summed E-state index contributed by atoms with van der Waals surface area (Å²) in [5.41, 5.74) is 0.942. The fraction of sp³-hybridized carbons (Fsp3) is 0.467. The van der Waals surface area contributed by atoms with Crippen molar-refractivity contribution >= 4 is 22.9 Å². The van der Waals surface area contributed by atoms with Gasteiger partial charge in [0.1, 0.15) is 6.61 Å². The maximum Gasteiger partial charge on any atom is 0.410 e. The van der Waals surface area contributed by atoms with Crippen LogP contribution in [0, 0.1) is 11.8 Å². The summed E-state index contributed by atoms with van der Waals surface area (Å²) in [6, 6.07) is 9.51. The van der Waals surface area contributed by atoms with Crippen molar-refractivity contribution in [3.63, 3.8) is 0 Å². The van der Waals surface area contributed by atoms with Crippen molar-refractivity contribution in [1.82, 2.24) is 4.90 Å². The number of benzene rings is 1. The lowest BCUT2D eigenvalue weighted by molar-refractivity contribution is -0.115. The van der Waals surface area contributed by atoms with E-state index in [1.54, 1.807) is 4.90 Å². The average Bonchev–Trinajstić information content (AvgIpc) is 2.90. The van der Waals surface area contributed by atoms with Gasteiger partial charge in [-0.3, -0.25) is 4.79 Å². The number of carbonyl (C=O) groups excluding carboxylic acids is 2. The highest BCUT2D eigenvalue weighted by Crippen LogP contribution is 2.28. The Labute approximate surface area is 123 Å². The molecule has 0 aliphatic carbocycles. The van der Waals surface area contributed by atoms with Crippen molar-refractivity contribution in [2.75, 3.05) is 13.1 Å². The van der Waals surface area contributed by atoms with Crippen LogP contribution in [-0.4, -0.2) is 29.3 Å². The first-order chi connectivity index (χ1) is 9.61. The molecule has 1 amide bonds. The molecule has 1 aliphatic heterocycles. The van der Waals surface area contributed by atoms with E-state index >= 15 is 0 Å². The third-order valence-electron chi connectivity index (χ3n) is 3.72. The minimum Gasteiger partial charge on any atom is -0.445 e. The van der Waals surface area contributed by atoms with Gasteiger partial charge in [0, 0.05) is 13.1 Å². The zero-order chi connectivity index (χ0) is 14.5. The summed E-state index contributed by atoms with van der Waals surface area (Å²) >= 11 is 5.58. The number of halogens is 1. The predicted octanol–water partition coefficient (Wildman–Crippen LogP) is 3.05. The van der Waals surface area contributed by atoms with Crippen molar-refractivity contribution in [2.24, 2.45) is 11.8 Å². The Hall–Kier alpha value is -1.55. The zero-order valence-corrected chi connectivity index (χ0v) is 12.2. The largest absolute Gasteiger partial charge is 0.445 e. The third-order valence-corrected chi connectivity index (χ3v) is 4.00. The third kappa shape index (κ3) is 3.51. The van der Waals surface area contributed by atoms with Crippen LogP contribution in [-0.2, 0) is 16.1 Å². The number of ether oxygens (including phenoxy) is 1. The van der Waals surface area contributed by atoms with Crippen LogP contribution < -0.4 is 0 Å². The van der Waals surface area contributed by atoms with Gasteiger partial charge in [-0.25, -0.2) is 4.79 Å². The van der Waals surface area contributed by atoms with E-state index in [-0.39, 0.29) is 29.8 Å². The maximum absolute atomic E-state index is 12.0. The molecule has 2 rings (SSSR count). The summed E-state index contributed by atoms with van der Waals surface area (Å²) in [6.45, 7) is 3.13. The Kier molecular flexibility index (Phi) is 5.01. The first-order valence-electron chi connectivity index (χ1n) is 6.76. The second-order valence-corrected chi connectivity index (χ2v) is 5.40. The number of nitrogens with zero attached hydrogens (tertiary/aromatic N) is 1. The Balaban J connectivity index is 1.89. The van der Waals surface area contributed by atoms with Gasteiger partial charge < -0.3 is 9.64 Å². The van der Waals surface area contributed by atoms with Gasteiger partial charge in [-0.2, -0.15) is 0 Å². The molecule has 1 heterocycles. The first kappa shape index (κ1) is 14.9. The minimum atomic E-state index is -0.382. The first-order valence-corrected chi connectivity index (χ1v) is 7.14. The van der Waals surface area contributed by atoms with Gasteiger partial charge in [0.2, 0.25) is 5.24 Å². The lowest BCUT2D eigenvalue weighted by Crippen LogP contribution is -2.30. The van der Waals surface area contributed by atoms with Crippen LogP contribution in [0.15, 0.2) is 30.3 Å². The quantitative estimate of drug-likeness (QED) is 0.802. The number of rotatable bonds is 4. The van der Waals surface area contributed by atoms with Gasteiger partial charge in [0.05, 0.1) is 5.92 Å². The number of amides is 1. The molecule has 20 heavy (non-hydrogen) atoms. The highest BCUT2D eigenvalue weighted by Gasteiger charge is 2.38. The Morgan fingerprint density at radius 2 is 2.00 bits per heavy atom. The number of carbonyl (C=O) groups is 2. The standard InChI is InChI=1S/C15H18ClNO3/c1-2-12-8-17(9-13(12)14(16)18)15(19)20-10-11-6-4-3-5-7-11/h3-7,12-13H,2,8-10H2,1H3. The second-order valence-electron chi connectivity index (χ2n) is 5.02. The Morgan fingerprint density at radius 1 is 1.30 bits per heavy atom. The summed E-state index contributed by atoms with van der Waals surface area (Å²) in [5.74, 6) is -0.143. The van der Waals surface area contributed by atoms with Gasteiger partial charge >= 0.3 is 6.09 Å². The van der Waals surface area contributed by atoms with E-state index in [9.17, 15) is 9.59 Å². The van der Waals surface area contributed by atoms with Crippen molar-refractivity contribution < 1.29 is 14.3 Å². The molecule has 0 saturated carbocycles. The minimum absolute atomic E-state index is 0.129. The summed E-state index contributed by atoms with van der Waals surface area (Å²) in [5, 5.41) is -0.366. The van der Waals surface area contributed by atoms with Crippen LogP contribution in [0.4, 0.5) is 4.79 Å². The molecule has 1 aliphatic rings. The van der Waals surface area contributed by atoms with E-state index in [2.05, 4.69) is 0 Å². The zero-order valence-electron chi connectivity index (χ0n) is 11.4. The average molecular weight is 296 g/mol.